The third-order valence-corrected chi connectivity index (χ3v) is 7.37. The lowest BCUT2D eigenvalue weighted by atomic mass is 10.0. The molecule has 0 saturated carbocycles. The van der Waals surface area contributed by atoms with Crippen LogP contribution in [-0.4, -0.2) is 40.6 Å². The fourth-order valence-electron chi connectivity index (χ4n) is 5.25. The monoisotopic (exact) mass is 527 g/mol. The number of pyridine rings is 2. The Hall–Kier alpha value is -5.38. The molecule has 0 spiro atoms. The highest BCUT2D eigenvalue weighted by Gasteiger charge is 2.32. The summed E-state index contributed by atoms with van der Waals surface area (Å²) in [5.41, 5.74) is 8.68. The molecular weight excluding hydrogens is 502 g/mol. The van der Waals surface area contributed by atoms with Gasteiger partial charge in [0.05, 0.1) is 29.1 Å². The summed E-state index contributed by atoms with van der Waals surface area (Å²) in [6, 6.07) is 13.5. The first-order valence-electron chi connectivity index (χ1n) is 12.9. The Morgan fingerprint density at radius 1 is 0.975 bits per heavy atom. The number of hydrogen-bond donors (Lipinski definition) is 2. The molecule has 0 bridgehead atoms. The number of hydrogen-bond acceptors (Lipinski definition) is 7. The summed E-state index contributed by atoms with van der Waals surface area (Å²) in [5, 5.41) is 8.62. The molecule has 196 valence electrons. The predicted octanol–water partition coefficient (Wildman–Crippen LogP) is 5.34. The number of nitrogens with zero attached hydrogens (tertiary/aromatic N) is 7. The zero-order chi connectivity index (χ0) is 27.4. The predicted molar refractivity (Wildman–Crippen MR) is 153 cm³/mol. The topological polar surface area (TPSA) is 118 Å². The minimum absolute atomic E-state index is 0.0493. The molecule has 0 atom stereocenters. The second-order valence-corrected chi connectivity index (χ2v) is 9.86. The molecule has 0 unspecified atom stereocenters. The average molecular weight is 528 g/mol. The van der Waals surface area contributed by atoms with Gasteiger partial charge in [-0.3, -0.25) is 19.4 Å². The molecular formula is C30H25N9O. The molecule has 6 aromatic rings. The smallest absolute Gasteiger partial charge is 0.259 e. The number of nitrogens with one attached hydrogen (secondary N) is 2. The second kappa shape index (κ2) is 9.12. The van der Waals surface area contributed by atoms with Gasteiger partial charge in [-0.2, -0.15) is 5.10 Å². The molecule has 0 aliphatic carbocycles. The van der Waals surface area contributed by atoms with Crippen LogP contribution in [0.5, 0.6) is 0 Å². The average Bonchev–Trinajstić information content (AvgIpc) is 3.65. The van der Waals surface area contributed by atoms with Crippen LogP contribution in [0.2, 0.25) is 0 Å². The Morgan fingerprint density at radius 2 is 1.82 bits per heavy atom. The van der Waals surface area contributed by atoms with E-state index in [0.29, 0.717) is 23.9 Å². The maximum atomic E-state index is 13.6. The molecule has 1 amide bonds. The summed E-state index contributed by atoms with van der Waals surface area (Å²) in [4.78, 5) is 36.9. The van der Waals surface area contributed by atoms with Gasteiger partial charge in [-0.15, -0.1) is 0 Å². The molecule has 5 aromatic heterocycles. The van der Waals surface area contributed by atoms with Gasteiger partial charge in [-0.25, -0.2) is 9.97 Å². The van der Waals surface area contributed by atoms with Crippen molar-refractivity contribution in [2.45, 2.75) is 20.4 Å². The van der Waals surface area contributed by atoms with E-state index in [-0.39, 0.29) is 5.91 Å². The molecule has 1 aromatic carbocycles. The van der Waals surface area contributed by atoms with Gasteiger partial charge in [0.1, 0.15) is 0 Å². The van der Waals surface area contributed by atoms with Gasteiger partial charge in [0.15, 0.2) is 5.82 Å². The van der Waals surface area contributed by atoms with Crippen LogP contribution in [0.1, 0.15) is 27.2 Å². The molecule has 2 N–H and O–H groups in total. The van der Waals surface area contributed by atoms with Crippen LogP contribution in [0, 0.1) is 13.8 Å². The van der Waals surface area contributed by atoms with Crippen molar-refractivity contribution in [3.63, 3.8) is 0 Å². The van der Waals surface area contributed by atoms with Crippen molar-refractivity contribution in [3.05, 3.63) is 95.8 Å². The lowest BCUT2D eigenvalue weighted by Gasteiger charge is -2.17. The van der Waals surface area contributed by atoms with E-state index in [1.807, 2.05) is 68.4 Å². The number of H-pyrrole nitrogens is 1. The maximum Gasteiger partial charge on any atom is 0.259 e. The van der Waals surface area contributed by atoms with Crippen molar-refractivity contribution in [1.29, 1.82) is 0 Å². The van der Waals surface area contributed by atoms with Gasteiger partial charge in [0.2, 0.25) is 5.95 Å². The van der Waals surface area contributed by atoms with Crippen LogP contribution in [0.15, 0.2) is 73.4 Å². The third kappa shape index (κ3) is 3.80. The summed E-state index contributed by atoms with van der Waals surface area (Å²) in [5.74, 6) is 1.10. The number of aromatic amines is 1. The number of fused-ring (bicyclic) bond motifs is 2. The fourth-order valence-corrected chi connectivity index (χ4v) is 5.25. The largest absolute Gasteiger partial charge is 0.359 e. The van der Waals surface area contributed by atoms with E-state index in [1.54, 1.807) is 35.5 Å². The molecule has 10 heteroatoms. The Balaban J connectivity index is 1.26. The minimum atomic E-state index is -0.0493. The Kier molecular flexibility index (Phi) is 5.41. The van der Waals surface area contributed by atoms with Crippen LogP contribution in [0.25, 0.3) is 33.4 Å². The number of benzene rings is 1. The summed E-state index contributed by atoms with van der Waals surface area (Å²) in [6.07, 6.45) is 8.91. The van der Waals surface area contributed by atoms with E-state index in [1.165, 1.54) is 0 Å². The first-order chi connectivity index (χ1) is 19.5. The van der Waals surface area contributed by atoms with Gasteiger partial charge in [0.25, 0.3) is 5.91 Å². The number of aromatic nitrogens is 7. The lowest BCUT2D eigenvalue weighted by molar-refractivity contribution is 0.0997. The van der Waals surface area contributed by atoms with Crippen LogP contribution in [0.4, 0.5) is 17.5 Å². The maximum absolute atomic E-state index is 13.6. The van der Waals surface area contributed by atoms with Gasteiger partial charge in [-0.1, -0.05) is 12.1 Å². The quantitative estimate of drug-likeness (QED) is 0.311. The molecule has 0 saturated heterocycles. The molecule has 0 radical (unpaired) electrons. The summed E-state index contributed by atoms with van der Waals surface area (Å²) >= 11 is 0. The van der Waals surface area contributed by atoms with E-state index < -0.39 is 0 Å². The molecule has 40 heavy (non-hydrogen) atoms. The number of para-hydroxylation sites is 1. The Labute approximate surface area is 229 Å². The van der Waals surface area contributed by atoms with Gasteiger partial charge < -0.3 is 15.2 Å². The minimum Gasteiger partial charge on any atom is -0.359 e. The van der Waals surface area contributed by atoms with Gasteiger partial charge in [0, 0.05) is 77.4 Å². The van der Waals surface area contributed by atoms with Crippen LogP contribution in [0.3, 0.4) is 0 Å². The van der Waals surface area contributed by atoms with Gasteiger partial charge >= 0.3 is 0 Å². The number of amides is 1. The number of rotatable bonds is 5. The number of anilines is 3. The molecule has 7 rings (SSSR count). The summed E-state index contributed by atoms with van der Waals surface area (Å²) in [6.45, 7) is 4.40. The van der Waals surface area contributed by atoms with E-state index in [4.69, 9.17) is 4.98 Å². The normalized spacial score (nSPS) is 12.8. The van der Waals surface area contributed by atoms with Crippen molar-refractivity contribution in [2.24, 2.45) is 7.05 Å². The Morgan fingerprint density at radius 3 is 2.62 bits per heavy atom. The standard InChI is InChI=1S/C30H25N9O/c1-17-14-34-30(35-25-13-18(2)38(3)37-25)36-26(17)22-15-33-28-20(22)5-4-6-24(28)39-16-23-21(29(39)40)9-12-32-27(23)19-7-10-31-11-8-19/h4-15,33H,16H2,1-3H3,(H,34,35,36,37). The zero-order valence-corrected chi connectivity index (χ0v) is 22.2. The molecule has 1 aliphatic heterocycles. The molecule has 1 aliphatic rings. The molecule has 0 fully saturated rings. The second-order valence-electron chi connectivity index (χ2n) is 9.86. The first kappa shape index (κ1) is 23.7. The highest BCUT2D eigenvalue weighted by atomic mass is 16.2. The molecule has 10 nitrogen and oxygen atoms in total. The van der Waals surface area contributed by atoms with Crippen LogP contribution < -0.4 is 10.2 Å². The van der Waals surface area contributed by atoms with Crippen LogP contribution >= 0.6 is 0 Å². The first-order valence-corrected chi connectivity index (χ1v) is 12.9. The van der Waals surface area contributed by atoms with Gasteiger partial charge in [-0.05, 0) is 43.7 Å². The summed E-state index contributed by atoms with van der Waals surface area (Å²) < 4.78 is 1.80. The van der Waals surface area contributed by atoms with Crippen molar-refractivity contribution in [1.82, 2.24) is 34.7 Å². The number of carbonyl (C=O) groups is 1. The van der Waals surface area contributed by atoms with Crippen molar-refractivity contribution >= 4 is 34.3 Å². The van der Waals surface area contributed by atoms with Crippen molar-refractivity contribution in [2.75, 3.05) is 10.2 Å². The summed E-state index contributed by atoms with van der Waals surface area (Å²) in [7, 11) is 1.89. The van der Waals surface area contributed by atoms with Crippen LogP contribution in [-0.2, 0) is 13.6 Å². The van der Waals surface area contributed by atoms with Crippen molar-refractivity contribution < 1.29 is 4.79 Å². The zero-order valence-electron chi connectivity index (χ0n) is 22.2. The highest BCUT2D eigenvalue weighted by Crippen LogP contribution is 2.39. The van der Waals surface area contributed by atoms with E-state index in [0.717, 1.165) is 55.9 Å². The fraction of sp³-hybridized carbons (Fsp3) is 0.133. The van der Waals surface area contributed by atoms with E-state index in [9.17, 15) is 4.79 Å². The van der Waals surface area contributed by atoms with E-state index >= 15 is 0 Å². The Bertz CT molecular complexity index is 1900. The van der Waals surface area contributed by atoms with E-state index in [2.05, 4.69) is 30.4 Å². The van der Waals surface area contributed by atoms with Crippen molar-refractivity contribution in [3.8, 4) is 22.5 Å². The third-order valence-electron chi connectivity index (χ3n) is 7.37. The molecule has 6 heterocycles. The lowest BCUT2D eigenvalue weighted by Crippen LogP contribution is -2.23. The number of carbonyl (C=O) groups excluding carboxylic acids is 1. The highest BCUT2D eigenvalue weighted by molar-refractivity contribution is 6.15. The SMILES string of the molecule is Cc1cnc(Nc2cc(C)n(C)n2)nc1-c1c[nH]c2c(N3Cc4c(ccnc4-c4ccncc4)C3=O)cccc12. The number of aryl methyl sites for hydroxylation is 3.